The summed E-state index contributed by atoms with van der Waals surface area (Å²) in [4.78, 5) is 27.9. The molecule has 1 aromatic heterocycles. The zero-order chi connectivity index (χ0) is 14.5. The van der Waals surface area contributed by atoms with Crippen LogP contribution in [0, 0.1) is 16.0 Å². The van der Waals surface area contributed by atoms with Crippen molar-refractivity contribution in [3.8, 4) is 0 Å². The van der Waals surface area contributed by atoms with Crippen LogP contribution in [0.4, 0.5) is 11.4 Å². The molecule has 20 heavy (non-hydrogen) atoms. The van der Waals surface area contributed by atoms with Crippen molar-refractivity contribution < 1.29 is 14.5 Å². The Hall–Kier alpha value is -2.18. The van der Waals surface area contributed by atoms with E-state index in [0.29, 0.717) is 18.8 Å². The van der Waals surface area contributed by atoms with Crippen LogP contribution in [-0.4, -0.2) is 35.6 Å². The predicted molar refractivity (Wildman–Crippen MR) is 72.5 cm³/mol. The molecule has 0 radical (unpaired) electrons. The van der Waals surface area contributed by atoms with E-state index in [9.17, 15) is 14.9 Å². The highest BCUT2D eigenvalue weighted by Gasteiger charge is 2.27. The van der Waals surface area contributed by atoms with Crippen LogP contribution >= 0.6 is 0 Å². The fourth-order valence-corrected chi connectivity index (χ4v) is 2.35. The number of aromatic nitrogens is 1. The van der Waals surface area contributed by atoms with E-state index in [0.717, 1.165) is 19.4 Å². The molecule has 1 saturated heterocycles. The van der Waals surface area contributed by atoms with Gasteiger partial charge in [-0.3, -0.25) is 19.9 Å². The summed E-state index contributed by atoms with van der Waals surface area (Å²) in [5.74, 6) is -0.376. The lowest BCUT2D eigenvalue weighted by Crippen LogP contribution is -2.39. The third-order valence-electron chi connectivity index (χ3n) is 3.33. The van der Waals surface area contributed by atoms with Gasteiger partial charge in [0.2, 0.25) is 0 Å². The minimum Gasteiger partial charge on any atom is -0.466 e. The molecule has 7 nitrogen and oxygen atoms in total. The van der Waals surface area contributed by atoms with Crippen LogP contribution in [0.2, 0.25) is 0 Å². The summed E-state index contributed by atoms with van der Waals surface area (Å²) in [5.41, 5.74) is 0.633. The van der Waals surface area contributed by atoms with Gasteiger partial charge in [-0.2, -0.15) is 0 Å². The van der Waals surface area contributed by atoms with Gasteiger partial charge in [-0.25, -0.2) is 0 Å². The quantitative estimate of drug-likeness (QED) is 0.474. The first-order valence-electron chi connectivity index (χ1n) is 6.63. The molecule has 1 aliphatic rings. The second-order valence-corrected chi connectivity index (χ2v) is 4.70. The summed E-state index contributed by atoms with van der Waals surface area (Å²) < 4.78 is 5.04. The Morgan fingerprint density at radius 3 is 3.10 bits per heavy atom. The maximum atomic E-state index is 11.8. The summed E-state index contributed by atoms with van der Waals surface area (Å²) in [5, 5.41) is 10.8. The van der Waals surface area contributed by atoms with Gasteiger partial charge in [0.25, 0.3) is 5.69 Å². The zero-order valence-corrected chi connectivity index (χ0v) is 11.3. The summed E-state index contributed by atoms with van der Waals surface area (Å²) >= 11 is 0. The first kappa shape index (κ1) is 14.2. The number of esters is 1. The number of carbonyl (C=O) groups is 1. The molecule has 0 unspecified atom stereocenters. The highest BCUT2D eigenvalue weighted by Crippen LogP contribution is 2.25. The van der Waals surface area contributed by atoms with Crippen LogP contribution in [0.15, 0.2) is 18.5 Å². The van der Waals surface area contributed by atoms with Crippen molar-refractivity contribution in [1.29, 1.82) is 0 Å². The number of ether oxygens (including phenoxy) is 1. The Balaban J connectivity index is 2.10. The molecule has 2 rings (SSSR count). The van der Waals surface area contributed by atoms with E-state index in [1.165, 1.54) is 12.3 Å². The van der Waals surface area contributed by atoms with Gasteiger partial charge in [-0.15, -0.1) is 0 Å². The van der Waals surface area contributed by atoms with Gasteiger partial charge in [-0.1, -0.05) is 0 Å². The van der Waals surface area contributed by atoms with Crippen molar-refractivity contribution >= 4 is 17.3 Å². The van der Waals surface area contributed by atoms with Crippen LogP contribution in [0.25, 0.3) is 0 Å². The largest absolute Gasteiger partial charge is 0.466 e. The van der Waals surface area contributed by atoms with Crippen LogP contribution in [0.5, 0.6) is 0 Å². The Morgan fingerprint density at radius 1 is 1.60 bits per heavy atom. The van der Waals surface area contributed by atoms with Crippen molar-refractivity contribution in [2.24, 2.45) is 5.92 Å². The van der Waals surface area contributed by atoms with E-state index >= 15 is 0 Å². The van der Waals surface area contributed by atoms with Gasteiger partial charge in [0, 0.05) is 19.2 Å². The molecule has 2 heterocycles. The van der Waals surface area contributed by atoms with E-state index in [4.69, 9.17) is 4.74 Å². The van der Waals surface area contributed by atoms with Crippen molar-refractivity contribution in [2.45, 2.75) is 19.8 Å². The van der Waals surface area contributed by atoms with Crippen LogP contribution in [0.1, 0.15) is 19.8 Å². The van der Waals surface area contributed by atoms with Gasteiger partial charge >= 0.3 is 5.97 Å². The molecule has 108 valence electrons. The number of rotatable bonds is 4. The molecule has 7 heteroatoms. The molecule has 0 saturated carbocycles. The Labute approximate surface area is 116 Å². The van der Waals surface area contributed by atoms with Gasteiger partial charge in [-0.05, 0) is 19.8 Å². The lowest BCUT2D eigenvalue weighted by molar-refractivity contribution is -0.385. The number of hydrogen-bond acceptors (Lipinski definition) is 6. The third-order valence-corrected chi connectivity index (χ3v) is 3.33. The zero-order valence-electron chi connectivity index (χ0n) is 11.3. The number of anilines is 1. The molecule has 1 fully saturated rings. The van der Waals surface area contributed by atoms with E-state index in [2.05, 4.69) is 4.98 Å². The fraction of sp³-hybridized carbons (Fsp3) is 0.538. The summed E-state index contributed by atoms with van der Waals surface area (Å²) in [6.07, 6.45) is 4.45. The van der Waals surface area contributed by atoms with Gasteiger partial charge < -0.3 is 9.64 Å². The minimum absolute atomic E-state index is 0.0410. The van der Waals surface area contributed by atoms with E-state index in [1.54, 1.807) is 13.1 Å². The number of piperidine rings is 1. The number of carbonyl (C=O) groups excluding carboxylic acids is 1. The molecule has 0 aromatic carbocycles. The molecule has 0 amide bonds. The third kappa shape index (κ3) is 3.23. The molecule has 1 atom stereocenters. The molecular weight excluding hydrogens is 262 g/mol. The Bertz CT molecular complexity index is 506. The molecule has 0 aliphatic carbocycles. The maximum Gasteiger partial charge on any atom is 0.310 e. The minimum atomic E-state index is -0.469. The highest BCUT2D eigenvalue weighted by molar-refractivity contribution is 5.73. The molecule has 0 spiro atoms. The van der Waals surface area contributed by atoms with Crippen molar-refractivity contribution in [1.82, 2.24) is 4.98 Å². The SMILES string of the molecule is CCOC(=O)[C@H]1CCCN(c2cncc([N+](=O)[O-])c2)C1. The smallest absolute Gasteiger partial charge is 0.310 e. The summed E-state index contributed by atoms with van der Waals surface area (Å²) in [6.45, 7) is 3.43. The van der Waals surface area contributed by atoms with Crippen LogP contribution in [0.3, 0.4) is 0 Å². The normalized spacial score (nSPS) is 18.6. The topological polar surface area (TPSA) is 85.6 Å². The van der Waals surface area contributed by atoms with Crippen LogP contribution in [-0.2, 0) is 9.53 Å². The van der Waals surface area contributed by atoms with Gasteiger partial charge in [0.15, 0.2) is 0 Å². The number of pyridine rings is 1. The Kier molecular flexibility index (Phi) is 4.49. The van der Waals surface area contributed by atoms with E-state index < -0.39 is 4.92 Å². The molecular formula is C13H17N3O4. The van der Waals surface area contributed by atoms with E-state index in [1.807, 2.05) is 4.90 Å². The monoisotopic (exact) mass is 279 g/mol. The highest BCUT2D eigenvalue weighted by atomic mass is 16.6. The maximum absolute atomic E-state index is 11.8. The number of nitro groups is 1. The first-order chi connectivity index (χ1) is 9.61. The number of nitrogens with zero attached hydrogens (tertiary/aromatic N) is 3. The van der Waals surface area contributed by atoms with Gasteiger partial charge in [0.1, 0.15) is 6.20 Å². The second-order valence-electron chi connectivity index (χ2n) is 4.70. The lowest BCUT2D eigenvalue weighted by atomic mass is 9.98. The van der Waals surface area contributed by atoms with E-state index in [-0.39, 0.29) is 17.6 Å². The Morgan fingerprint density at radius 2 is 2.40 bits per heavy atom. The summed E-state index contributed by atoms with van der Waals surface area (Å²) in [6, 6.07) is 1.49. The molecule has 1 aromatic rings. The molecule has 0 bridgehead atoms. The average molecular weight is 279 g/mol. The summed E-state index contributed by atoms with van der Waals surface area (Å²) in [7, 11) is 0. The van der Waals surface area contributed by atoms with Gasteiger partial charge in [0.05, 0.1) is 29.3 Å². The molecule has 1 aliphatic heterocycles. The van der Waals surface area contributed by atoms with Crippen molar-refractivity contribution in [3.05, 3.63) is 28.6 Å². The first-order valence-corrected chi connectivity index (χ1v) is 6.63. The standard InChI is InChI=1S/C13H17N3O4/c1-2-20-13(17)10-4-3-5-15(9-10)11-6-12(16(18)19)8-14-7-11/h6-8,10H,2-5,9H2,1H3/t10-/m0/s1. The second kappa shape index (κ2) is 6.31. The molecule has 0 N–H and O–H groups in total. The average Bonchev–Trinajstić information content (AvgIpc) is 2.48. The van der Waals surface area contributed by atoms with Crippen molar-refractivity contribution in [2.75, 3.05) is 24.6 Å². The van der Waals surface area contributed by atoms with Crippen LogP contribution < -0.4 is 4.90 Å². The number of hydrogen-bond donors (Lipinski definition) is 0. The lowest BCUT2D eigenvalue weighted by Gasteiger charge is -2.32. The van der Waals surface area contributed by atoms with Crippen molar-refractivity contribution in [3.63, 3.8) is 0 Å². The fourth-order valence-electron chi connectivity index (χ4n) is 2.35. The predicted octanol–water partition coefficient (Wildman–Crippen LogP) is 1.77.